The molecule has 0 saturated carbocycles. The molecule has 138 valence electrons. The number of hydrogen-bond acceptors (Lipinski definition) is 6. The molecule has 0 unspecified atom stereocenters. The highest BCUT2D eigenvalue weighted by atomic mass is 32.2. The van der Waals surface area contributed by atoms with Crippen molar-refractivity contribution in [1.29, 1.82) is 0 Å². The maximum Gasteiger partial charge on any atom is 0.268 e. The number of sulfonamides is 1. The van der Waals surface area contributed by atoms with E-state index in [2.05, 4.69) is 4.72 Å². The van der Waals surface area contributed by atoms with Crippen molar-refractivity contribution in [2.24, 2.45) is 0 Å². The monoisotopic (exact) mass is 377 g/mol. The number of benzene rings is 2. The van der Waals surface area contributed by atoms with E-state index in [1.54, 1.807) is 25.1 Å². The second-order valence-corrected chi connectivity index (χ2v) is 7.21. The largest absolute Gasteiger partial charge is 0.493 e. The van der Waals surface area contributed by atoms with Crippen LogP contribution in [0.4, 0.5) is 0 Å². The van der Waals surface area contributed by atoms with Crippen molar-refractivity contribution >= 4 is 15.9 Å². The Bertz CT molecular complexity index is 910. The Morgan fingerprint density at radius 3 is 2.62 bits per heavy atom. The Morgan fingerprint density at radius 1 is 1.12 bits per heavy atom. The van der Waals surface area contributed by atoms with Crippen LogP contribution in [0.15, 0.2) is 47.4 Å². The van der Waals surface area contributed by atoms with Crippen LogP contribution < -0.4 is 18.9 Å². The van der Waals surface area contributed by atoms with Gasteiger partial charge in [-0.1, -0.05) is 12.1 Å². The maximum atomic E-state index is 12.6. The molecule has 3 rings (SSSR count). The Balaban J connectivity index is 1.85. The van der Waals surface area contributed by atoms with Gasteiger partial charge in [-0.25, -0.2) is 13.1 Å². The highest BCUT2D eigenvalue weighted by molar-refractivity contribution is 7.90. The minimum Gasteiger partial charge on any atom is -0.493 e. The standard InChI is InChI=1S/C18H19NO6S/c1-2-23-15-7-4-3-6-14(15)18(20)19-26(21,22)13-8-9-16-17(12-13)25-11-5-10-24-16/h3-4,6-9,12H,2,5,10-11H2,1H3,(H,19,20). The van der Waals surface area contributed by atoms with Gasteiger partial charge in [0.2, 0.25) is 0 Å². The minimum atomic E-state index is -4.08. The van der Waals surface area contributed by atoms with Crippen molar-refractivity contribution < 1.29 is 27.4 Å². The van der Waals surface area contributed by atoms with Gasteiger partial charge < -0.3 is 14.2 Å². The van der Waals surface area contributed by atoms with Gasteiger partial charge in [-0.05, 0) is 31.2 Å². The number of fused-ring (bicyclic) bond motifs is 1. The lowest BCUT2D eigenvalue weighted by Gasteiger charge is -2.12. The summed E-state index contributed by atoms with van der Waals surface area (Å²) in [7, 11) is -4.08. The predicted octanol–water partition coefficient (Wildman–Crippen LogP) is 2.37. The summed E-state index contributed by atoms with van der Waals surface area (Å²) in [4.78, 5) is 12.4. The molecule has 0 bridgehead atoms. The van der Waals surface area contributed by atoms with Gasteiger partial charge in [-0.3, -0.25) is 4.79 Å². The molecule has 1 aliphatic heterocycles. The Labute approximate surface area is 151 Å². The Hall–Kier alpha value is -2.74. The SMILES string of the molecule is CCOc1ccccc1C(=O)NS(=O)(=O)c1ccc2c(c1)OCCCO2. The molecule has 0 aromatic heterocycles. The van der Waals surface area contributed by atoms with Crippen molar-refractivity contribution in [1.82, 2.24) is 4.72 Å². The van der Waals surface area contributed by atoms with E-state index in [4.69, 9.17) is 14.2 Å². The molecule has 0 saturated heterocycles. The van der Waals surface area contributed by atoms with Crippen molar-refractivity contribution in [3.63, 3.8) is 0 Å². The van der Waals surface area contributed by atoms with E-state index in [0.717, 1.165) is 0 Å². The van der Waals surface area contributed by atoms with Crippen LogP contribution in [0, 0.1) is 0 Å². The van der Waals surface area contributed by atoms with Crippen LogP contribution >= 0.6 is 0 Å². The summed E-state index contributed by atoms with van der Waals surface area (Å²) in [6, 6.07) is 10.7. The topological polar surface area (TPSA) is 90.9 Å². The van der Waals surface area contributed by atoms with Gasteiger partial charge in [0.05, 0.1) is 30.3 Å². The number of carbonyl (C=O) groups is 1. The first kappa shape index (κ1) is 18.1. The molecule has 0 fully saturated rings. The zero-order chi connectivity index (χ0) is 18.6. The summed E-state index contributed by atoms with van der Waals surface area (Å²) in [6.45, 7) is 3.08. The van der Waals surface area contributed by atoms with Crippen LogP contribution in [0.2, 0.25) is 0 Å². The second-order valence-electron chi connectivity index (χ2n) is 5.52. The molecule has 2 aromatic rings. The second kappa shape index (κ2) is 7.65. The molecule has 7 nitrogen and oxygen atoms in total. The number of carbonyl (C=O) groups excluding carboxylic acids is 1. The number of amides is 1. The zero-order valence-corrected chi connectivity index (χ0v) is 15.0. The molecule has 26 heavy (non-hydrogen) atoms. The van der Waals surface area contributed by atoms with E-state index in [1.807, 2.05) is 0 Å². The molecular weight excluding hydrogens is 358 g/mol. The summed E-state index contributed by atoms with van der Waals surface area (Å²) in [5.41, 5.74) is 0.146. The van der Waals surface area contributed by atoms with E-state index in [-0.39, 0.29) is 10.5 Å². The highest BCUT2D eigenvalue weighted by Crippen LogP contribution is 2.32. The van der Waals surface area contributed by atoms with E-state index in [9.17, 15) is 13.2 Å². The fourth-order valence-corrected chi connectivity index (χ4v) is 3.46. The molecule has 1 heterocycles. The summed E-state index contributed by atoms with van der Waals surface area (Å²) in [5.74, 6) is 0.379. The number of rotatable bonds is 5. The van der Waals surface area contributed by atoms with E-state index >= 15 is 0 Å². The molecular formula is C18H19NO6S. The minimum absolute atomic E-state index is 0.0796. The number of hydrogen-bond donors (Lipinski definition) is 1. The molecule has 0 aliphatic carbocycles. The van der Waals surface area contributed by atoms with Crippen molar-refractivity contribution in [2.75, 3.05) is 19.8 Å². The first-order chi connectivity index (χ1) is 12.5. The van der Waals surface area contributed by atoms with Crippen LogP contribution in [-0.4, -0.2) is 34.1 Å². The van der Waals surface area contributed by atoms with Crippen LogP contribution in [0.25, 0.3) is 0 Å². The molecule has 8 heteroatoms. The van der Waals surface area contributed by atoms with E-state index in [1.165, 1.54) is 24.3 Å². The highest BCUT2D eigenvalue weighted by Gasteiger charge is 2.23. The van der Waals surface area contributed by atoms with Gasteiger partial charge in [-0.2, -0.15) is 0 Å². The van der Waals surface area contributed by atoms with Crippen LogP contribution in [-0.2, 0) is 10.0 Å². The number of nitrogens with one attached hydrogen (secondary N) is 1. The number of para-hydroxylation sites is 1. The summed E-state index contributed by atoms with van der Waals surface area (Å²) in [6.07, 6.45) is 0.710. The molecule has 0 atom stereocenters. The lowest BCUT2D eigenvalue weighted by atomic mass is 10.2. The fourth-order valence-electron chi connectivity index (χ4n) is 2.48. The summed E-state index contributed by atoms with van der Waals surface area (Å²) in [5, 5.41) is 0. The first-order valence-corrected chi connectivity index (χ1v) is 9.68. The molecule has 2 aromatic carbocycles. The Kier molecular flexibility index (Phi) is 5.32. The third kappa shape index (κ3) is 3.91. The third-order valence-electron chi connectivity index (χ3n) is 3.69. The van der Waals surface area contributed by atoms with Crippen LogP contribution in [0.3, 0.4) is 0 Å². The molecule has 0 spiro atoms. The van der Waals surface area contributed by atoms with Gasteiger partial charge in [0.25, 0.3) is 15.9 Å². The van der Waals surface area contributed by atoms with Gasteiger partial charge >= 0.3 is 0 Å². The lowest BCUT2D eigenvalue weighted by molar-refractivity contribution is 0.0977. The van der Waals surface area contributed by atoms with E-state index in [0.29, 0.717) is 43.5 Å². The van der Waals surface area contributed by atoms with Crippen LogP contribution in [0.1, 0.15) is 23.7 Å². The normalized spacial score (nSPS) is 13.6. The fraction of sp³-hybridized carbons (Fsp3) is 0.278. The number of ether oxygens (including phenoxy) is 3. The zero-order valence-electron chi connectivity index (χ0n) is 14.2. The quantitative estimate of drug-likeness (QED) is 0.860. The van der Waals surface area contributed by atoms with Gasteiger partial charge in [0.1, 0.15) is 5.75 Å². The van der Waals surface area contributed by atoms with Crippen molar-refractivity contribution in [2.45, 2.75) is 18.2 Å². The smallest absolute Gasteiger partial charge is 0.268 e. The van der Waals surface area contributed by atoms with Gasteiger partial charge in [-0.15, -0.1) is 0 Å². The van der Waals surface area contributed by atoms with Crippen LogP contribution in [0.5, 0.6) is 17.2 Å². The molecule has 1 aliphatic rings. The third-order valence-corrected chi connectivity index (χ3v) is 5.02. The summed E-state index contributed by atoms with van der Waals surface area (Å²) < 4.78 is 43.6. The summed E-state index contributed by atoms with van der Waals surface area (Å²) >= 11 is 0. The lowest BCUT2D eigenvalue weighted by Crippen LogP contribution is -2.31. The van der Waals surface area contributed by atoms with Crippen molar-refractivity contribution in [3.05, 3.63) is 48.0 Å². The Morgan fingerprint density at radius 2 is 1.85 bits per heavy atom. The van der Waals surface area contributed by atoms with Gasteiger partial charge in [0.15, 0.2) is 11.5 Å². The van der Waals surface area contributed by atoms with Gasteiger partial charge in [0, 0.05) is 12.5 Å². The maximum absolute atomic E-state index is 12.6. The average molecular weight is 377 g/mol. The van der Waals surface area contributed by atoms with E-state index < -0.39 is 15.9 Å². The average Bonchev–Trinajstić information content (AvgIpc) is 2.86. The molecule has 0 radical (unpaired) electrons. The first-order valence-electron chi connectivity index (χ1n) is 8.20. The predicted molar refractivity (Wildman–Crippen MR) is 94.3 cm³/mol. The molecule has 1 amide bonds. The molecule has 1 N–H and O–H groups in total. The van der Waals surface area contributed by atoms with Crippen molar-refractivity contribution in [3.8, 4) is 17.2 Å².